The van der Waals surface area contributed by atoms with Crippen LogP contribution in [0, 0.1) is 6.92 Å². The van der Waals surface area contributed by atoms with E-state index in [-0.39, 0.29) is 12.5 Å². The largest absolute Gasteiger partial charge is 0.481 e. The topological polar surface area (TPSA) is 91.6 Å². The normalized spacial score (nSPS) is 9.94. The quantitative estimate of drug-likeness (QED) is 0.652. The molecule has 0 radical (unpaired) electrons. The van der Waals surface area contributed by atoms with Crippen molar-refractivity contribution >= 4 is 12.0 Å². The minimum absolute atomic E-state index is 0.0532. The Morgan fingerprint density at radius 3 is 2.71 bits per heavy atom. The number of urea groups is 1. The van der Waals surface area contributed by atoms with E-state index in [0.717, 1.165) is 5.76 Å². The molecule has 0 fully saturated rings. The van der Waals surface area contributed by atoms with Gasteiger partial charge in [-0.05, 0) is 25.5 Å². The highest BCUT2D eigenvalue weighted by Gasteiger charge is 2.03. The van der Waals surface area contributed by atoms with Gasteiger partial charge in [-0.2, -0.15) is 0 Å². The molecule has 17 heavy (non-hydrogen) atoms. The first kappa shape index (κ1) is 13.1. The van der Waals surface area contributed by atoms with Crippen LogP contribution >= 0.6 is 0 Å². The number of carboxylic acid groups (broad SMARTS) is 1. The maximum absolute atomic E-state index is 11.3. The Balaban J connectivity index is 2.11. The Bertz CT molecular complexity index is 387. The number of hydrogen-bond donors (Lipinski definition) is 3. The molecule has 0 saturated heterocycles. The van der Waals surface area contributed by atoms with Gasteiger partial charge in [-0.3, -0.25) is 4.79 Å². The summed E-state index contributed by atoms with van der Waals surface area (Å²) >= 11 is 0. The lowest BCUT2D eigenvalue weighted by Gasteiger charge is -2.05. The lowest BCUT2D eigenvalue weighted by molar-refractivity contribution is -0.137. The maximum atomic E-state index is 11.3. The van der Waals surface area contributed by atoms with Gasteiger partial charge in [0.05, 0.1) is 6.54 Å². The van der Waals surface area contributed by atoms with Gasteiger partial charge in [-0.15, -0.1) is 0 Å². The third-order valence-corrected chi connectivity index (χ3v) is 2.07. The van der Waals surface area contributed by atoms with Crippen molar-refractivity contribution in [3.63, 3.8) is 0 Å². The van der Waals surface area contributed by atoms with Crippen LogP contribution in [0.2, 0.25) is 0 Å². The Labute approximate surface area is 99.0 Å². The summed E-state index contributed by atoms with van der Waals surface area (Å²) in [5.41, 5.74) is 0. The standard InChI is InChI=1S/C11H16N2O4/c1-8-4-5-9(17-8)7-13-11(16)12-6-2-3-10(14)15/h4-5H,2-3,6-7H2,1H3,(H,14,15)(H2,12,13,16). The second kappa shape index (κ2) is 6.57. The number of carbonyl (C=O) groups is 2. The Morgan fingerprint density at radius 2 is 2.12 bits per heavy atom. The molecule has 0 atom stereocenters. The molecule has 0 aliphatic rings. The molecule has 1 rings (SSSR count). The maximum Gasteiger partial charge on any atom is 0.315 e. The average molecular weight is 240 g/mol. The summed E-state index contributed by atoms with van der Waals surface area (Å²) in [5, 5.41) is 13.6. The van der Waals surface area contributed by atoms with Crippen LogP contribution < -0.4 is 10.6 Å². The fourth-order valence-corrected chi connectivity index (χ4v) is 1.25. The van der Waals surface area contributed by atoms with Crippen LogP contribution in [0.15, 0.2) is 16.5 Å². The van der Waals surface area contributed by atoms with Gasteiger partial charge < -0.3 is 20.2 Å². The monoisotopic (exact) mass is 240 g/mol. The van der Waals surface area contributed by atoms with E-state index >= 15 is 0 Å². The zero-order valence-electron chi connectivity index (χ0n) is 9.66. The van der Waals surface area contributed by atoms with Crippen molar-refractivity contribution in [2.24, 2.45) is 0 Å². The van der Waals surface area contributed by atoms with Gasteiger partial charge in [-0.25, -0.2) is 4.79 Å². The molecule has 94 valence electrons. The summed E-state index contributed by atoms with van der Waals surface area (Å²) in [6.45, 7) is 2.49. The van der Waals surface area contributed by atoms with Crippen LogP contribution in [0.4, 0.5) is 4.79 Å². The van der Waals surface area contributed by atoms with Crippen LogP contribution in [0.1, 0.15) is 24.4 Å². The summed E-state index contributed by atoms with van der Waals surface area (Å²) in [7, 11) is 0. The smallest absolute Gasteiger partial charge is 0.315 e. The molecule has 0 saturated carbocycles. The first-order valence-electron chi connectivity index (χ1n) is 5.37. The number of furan rings is 1. The van der Waals surface area contributed by atoms with Crippen molar-refractivity contribution in [1.29, 1.82) is 0 Å². The number of hydrogen-bond acceptors (Lipinski definition) is 3. The minimum atomic E-state index is -0.863. The Hall–Kier alpha value is -1.98. The van der Waals surface area contributed by atoms with Crippen molar-refractivity contribution in [3.8, 4) is 0 Å². The number of amides is 2. The van der Waals surface area contributed by atoms with Gasteiger partial charge in [0.1, 0.15) is 11.5 Å². The van der Waals surface area contributed by atoms with Crippen LogP contribution in [0.3, 0.4) is 0 Å². The van der Waals surface area contributed by atoms with Crippen molar-refractivity contribution in [2.45, 2.75) is 26.3 Å². The number of rotatable bonds is 6. The van der Waals surface area contributed by atoms with Crippen LogP contribution in [0.5, 0.6) is 0 Å². The molecule has 0 aliphatic carbocycles. The third kappa shape index (κ3) is 5.60. The van der Waals surface area contributed by atoms with Gasteiger partial charge in [0.15, 0.2) is 0 Å². The number of aryl methyl sites for hydroxylation is 1. The number of carboxylic acids is 1. The molecule has 0 spiro atoms. The SMILES string of the molecule is Cc1ccc(CNC(=O)NCCCC(=O)O)o1. The Kier molecular flexibility index (Phi) is 5.06. The molecule has 0 bridgehead atoms. The zero-order chi connectivity index (χ0) is 12.7. The summed E-state index contributed by atoms with van der Waals surface area (Å²) in [6.07, 6.45) is 0.472. The highest BCUT2D eigenvalue weighted by molar-refractivity contribution is 5.73. The van der Waals surface area contributed by atoms with E-state index in [1.165, 1.54) is 0 Å². The molecule has 0 aromatic carbocycles. The third-order valence-electron chi connectivity index (χ3n) is 2.07. The molecule has 1 heterocycles. The van der Waals surface area contributed by atoms with E-state index in [0.29, 0.717) is 25.3 Å². The summed E-state index contributed by atoms with van der Waals surface area (Å²) in [6, 6.07) is 3.28. The zero-order valence-corrected chi connectivity index (χ0v) is 9.66. The molecule has 0 unspecified atom stereocenters. The lowest BCUT2D eigenvalue weighted by Crippen LogP contribution is -2.35. The van der Waals surface area contributed by atoms with Crippen LogP contribution in [-0.2, 0) is 11.3 Å². The first-order valence-corrected chi connectivity index (χ1v) is 5.37. The summed E-state index contributed by atoms with van der Waals surface area (Å²) in [5.74, 6) is 0.616. The summed E-state index contributed by atoms with van der Waals surface area (Å²) < 4.78 is 5.27. The molecule has 0 aliphatic heterocycles. The fraction of sp³-hybridized carbons (Fsp3) is 0.455. The van der Waals surface area contributed by atoms with E-state index < -0.39 is 5.97 Å². The van der Waals surface area contributed by atoms with E-state index in [9.17, 15) is 9.59 Å². The molecule has 6 heteroatoms. The van der Waals surface area contributed by atoms with Gasteiger partial charge in [0.2, 0.25) is 0 Å². The molecule has 2 amide bonds. The van der Waals surface area contributed by atoms with E-state index in [1.54, 1.807) is 6.07 Å². The molecule has 1 aromatic rings. The molecular weight excluding hydrogens is 224 g/mol. The lowest BCUT2D eigenvalue weighted by atomic mass is 10.3. The van der Waals surface area contributed by atoms with Crippen molar-refractivity contribution in [2.75, 3.05) is 6.54 Å². The van der Waals surface area contributed by atoms with Gasteiger partial charge in [-0.1, -0.05) is 0 Å². The molecule has 1 aromatic heterocycles. The second-order valence-corrected chi connectivity index (χ2v) is 3.62. The van der Waals surface area contributed by atoms with Crippen molar-refractivity contribution in [3.05, 3.63) is 23.7 Å². The van der Waals surface area contributed by atoms with Gasteiger partial charge in [0, 0.05) is 13.0 Å². The van der Waals surface area contributed by atoms with E-state index in [4.69, 9.17) is 9.52 Å². The fourth-order valence-electron chi connectivity index (χ4n) is 1.25. The van der Waals surface area contributed by atoms with Crippen LogP contribution in [-0.4, -0.2) is 23.7 Å². The molecule has 3 N–H and O–H groups in total. The number of nitrogens with one attached hydrogen (secondary N) is 2. The Morgan fingerprint density at radius 1 is 1.35 bits per heavy atom. The average Bonchev–Trinajstić information content (AvgIpc) is 2.67. The predicted octanol–water partition coefficient (Wildman–Crippen LogP) is 1.25. The highest BCUT2D eigenvalue weighted by Crippen LogP contribution is 2.05. The first-order chi connectivity index (χ1) is 8.08. The van der Waals surface area contributed by atoms with E-state index in [2.05, 4.69) is 10.6 Å². The summed E-state index contributed by atoms with van der Waals surface area (Å²) in [4.78, 5) is 21.5. The van der Waals surface area contributed by atoms with Gasteiger partial charge >= 0.3 is 12.0 Å². The number of aliphatic carboxylic acids is 1. The highest BCUT2D eigenvalue weighted by atomic mass is 16.4. The van der Waals surface area contributed by atoms with Gasteiger partial charge in [0.25, 0.3) is 0 Å². The minimum Gasteiger partial charge on any atom is -0.481 e. The van der Waals surface area contributed by atoms with Crippen molar-refractivity contribution in [1.82, 2.24) is 10.6 Å². The van der Waals surface area contributed by atoms with E-state index in [1.807, 2.05) is 13.0 Å². The second-order valence-electron chi connectivity index (χ2n) is 3.62. The molecule has 6 nitrogen and oxygen atoms in total. The predicted molar refractivity (Wildman–Crippen MR) is 60.6 cm³/mol. The van der Waals surface area contributed by atoms with Crippen molar-refractivity contribution < 1.29 is 19.1 Å². The number of carbonyl (C=O) groups excluding carboxylic acids is 1. The molecular formula is C11H16N2O4. The van der Waals surface area contributed by atoms with Crippen LogP contribution in [0.25, 0.3) is 0 Å².